The molecule has 0 bridgehead atoms. The Bertz CT molecular complexity index is 658. The summed E-state index contributed by atoms with van der Waals surface area (Å²) in [5.41, 5.74) is 1.35. The highest BCUT2D eigenvalue weighted by atomic mass is 32.1. The molecule has 0 aliphatic carbocycles. The van der Waals surface area contributed by atoms with E-state index in [2.05, 4.69) is 42.4 Å². The van der Waals surface area contributed by atoms with Gasteiger partial charge in [-0.3, -0.25) is 4.79 Å². The SMILES string of the molecule is CN(C)C(CNC(=O)COc1ccc(C(C)(C)C)cc1)c1cccs1. The van der Waals surface area contributed by atoms with Gasteiger partial charge in [0.1, 0.15) is 5.75 Å². The number of ether oxygens (including phenoxy) is 1. The molecule has 2 rings (SSSR count). The zero-order valence-corrected chi connectivity index (χ0v) is 16.5. The Morgan fingerprint density at radius 1 is 1.20 bits per heavy atom. The molecule has 1 amide bonds. The van der Waals surface area contributed by atoms with Crippen molar-refractivity contribution in [3.63, 3.8) is 0 Å². The molecule has 1 atom stereocenters. The molecular weight excluding hydrogens is 332 g/mol. The van der Waals surface area contributed by atoms with E-state index >= 15 is 0 Å². The van der Waals surface area contributed by atoms with E-state index < -0.39 is 0 Å². The number of likely N-dealkylation sites (N-methyl/N-ethyl adjacent to an activating group) is 1. The molecule has 1 N–H and O–H groups in total. The predicted molar refractivity (Wildman–Crippen MR) is 104 cm³/mol. The van der Waals surface area contributed by atoms with Crippen molar-refractivity contribution < 1.29 is 9.53 Å². The predicted octanol–water partition coefficient (Wildman–Crippen LogP) is 3.84. The largest absolute Gasteiger partial charge is 0.484 e. The number of rotatable bonds is 7. The average Bonchev–Trinajstić information content (AvgIpc) is 3.06. The van der Waals surface area contributed by atoms with Crippen LogP contribution in [0.1, 0.15) is 37.3 Å². The van der Waals surface area contributed by atoms with Gasteiger partial charge in [-0.25, -0.2) is 0 Å². The van der Waals surface area contributed by atoms with Crippen LogP contribution in [0, 0.1) is 0 Å². The molecule has 0 spiro atoms. The third kappa shape index (κ3) is 5.87. The van der Waals surface area contributed by atoms with Gasteiger partial charge in [0.2, 0.25) is 0 Å². The lowest BCUT2D eigenvalue weighted by Crippen LogP contribution is -2.36. The summed E-state index contributed by atoms with van der Waals surface area (Å²) in [6, 6.07) is 12.2. The van der Waals surface area contributed by atoms with E-state index in [0.29, 0.717) is 12.3 Å². The first kappa shape index (κ1) is 19.5. The molecule has 0 fully saturated rings. The van der Waals surface area contributed by atoms with Gasteiger partial charge < -0.3 is 15.0 Å². The maximum Gasteiger partial charge on any atom is 0.258 e. The molecule has 1 unspecified atom stereocenters. The van der Waals surface area contributed by atoms with Crippen LogP contribution < -0.4 is 10.1 Å². The van der Waals surface area contributed by atoms with Gasteiger partial charge in [-0.15, -0.1) is 11.3 Å². The number of nitrogens with one attached hydrogen (secondary N) is 1. The fourth-order valence-electron chi connectivity index (χ4n) is 2.48. The average molecular weight is 361 g/mol. The van der Waals surface area contributed by atoms with E-state index in [1.165, 1.54) is 10.4 Å². The Hall–Kier alpha value is -1.85. The minimum Gasteiger partial charge on any atom is -0.484 e. The van der Waals surface area contributed by atoms with Crippen molar-refractivity contribution in [2.24, 2.45) is 0 Å². The zero-order chi connectivity index (χ0) is 18.4. The van der Waals surface area contributed by atoms with Crippen molar-refractivity contribution in [3.8, 4) is 5.75 Å². The van der Waals surface area contributed by atoms with E-state index in [1.807, 2.05) is 44.4 Å². The van der Waals surface area contributed by atoms with Crippen molar-refractivity contribution in [1.29, 1.82) is 0 Å². The topological polar surface area (TPSA) is 41.6 Å². The van der Waals surface area contributed by atoms with Gasteiger partial charge in [0.15, 0.2) is 6.61 Å². The molecule has 0 saturated heterocycles. The number of carbonyl (C=O) groups is 1. The normalized spacial score (nSPS) is 12.9. The van der Waals surface area contributed by atoms with Gasteiger partial charge in [0.25, 0.3) is 5.91 Å². The van der Waals surface area contributed by atoms with Crippen LogP contribution in [0.2, 0.25) is 0 Å². The number of carbonyl (C=O) groups excluding carboxylic acids is 1. The van der Waals surface area contributed by atoms with E-state index in [0.717, 1.165) is 0 Å². The van der Waals surface area contributed by atoms with Gasteiger partial charge in [-0.1, -0.05) is 39.0 Å². The Balaban J connectivity index is 1.82. The Morgan fingerprint density at radius 2 is 1.88 bits per heavy atom. The van der Waals surface area contributed by atoms with Crippen LogP contribution in [0.25, 0.3) is 0 Å². The lowest BCUT2D eigenvalue weighted by molar-refractivity contribution is -0.123. The molecule has 0 saturated carbocycles. The molecule has 0 radical (unpaired) electrons. The highest BCUT2D eigenvalue weighted by Gasteiger charge is 2.16. The number of nitrogens with zero attached hydrogens (tertiary/aromatic N) is 1. The highest BCUT2D eigenvalue weighted by molar-refractivity contribution is 7.10. The van der Waals surface area contributed by atoms with Gasteiger partial charge >= 0.3 is 0 Å². The van der Waals surface area contributed by atoms with Crippen molar-refractivity contribution in [2.75, 3.05) is 27.2 Å². The second kappa shape index (κ2) is 8.50. The van der Waals surface area contributed by atoms with E-state index in [9.17, 15) is 4.79 Å². The molecule has 2 aromatic rings. The van der Waals surface area contributed by atoms with Crippen LogP contribution in [-0.2, 0) is 10.2 Å². The van der Waals surface area contributed by atoms with Crippen molar-refractivity contribution in [3.05, 3.63) is 52.2 Å². The molecule has 0 aliphatic rings. The fraction of sp³-hybridized carbons (Fsp3) is 0.450. The third-order valence-electron chi connectivity index (χ3n) is 4.08. The molecule has 5 heteroatoms. The van der Waals surface area contributed by atoms with Crippen LogP contribution in [0.15, 0.2) is 41.8 Å². The van der Waals surface area contributed by atoms with Crippen LogP contribution in [0.4, 0.5) is 0 Å². The molecule has 25 heavy (non-hydrogen) atoms. The van der Waals surface area contributed by atoms with E-state index in [-0.39, 0.29) is 24.0 Å². The minimum absolute atomic E-state index is 0.0272. The minimum atomic E-state index is -0.108. The summed E-state index contributed by atoms with van der Waals surface area (Å²) in [6.45, 7) is 7.11. The summed E-state index contributed by atoms with van der Waals surface area (Å²) in [6.07, 6.45) is 0. The standard InChI is InChI=1S/C20H28N2O2S/c1-20(2,3)15-8-10-16(11-9-15)24-14-19(23)21-13-17(22(4)5)18-7-6-12-25-18/h6-12,17H,13-14H2,1-5H3,(H,21,23). The summed E-state index contributed by atoms with van der Waals surface area (Å²) in [5, 5.41) is 5.01. The highest BCUT2D eigenvalue weighted by Crippen LogP contribution is 2.24. The monoisotopic (exact) mass is 360 g/mol. The fourth-order valence-corrected chi connectivity index (χ4v) is 3.40. The quantitative estimate of drug-likeness (QED) is 0.815. The zero-order valence-electron chi connectivity index (χ0n) is 15.7. The number of hydrogen-bond donors (Lipinski definition) is 1. The molecule has 4 nitrogen and oxygen atoms in total. The maximum atomic E-state index is 12.1. The summed E-state index contributed by atoms with van der Waals surface area (Å²) in [4.78, 5) is 15.4. The molecular formula is C20H28N2O2S. The lowest BCUT2D eigenvalue weighted by atomic mass is 9.87. The van der Waals surface area contributed by atoms with Crippen LogP contribution in [0.3, 0.4) is 0 Å². The first-order valence-electron chi connectivity index (χ1n) is 8.47. The lowest BCUT2D eigenvalue weighted by Gasteiger charge is -2.23. The summed E-state index contributed by atoms with van der Waals surface area (Å²) in [7, 11) is 4.04. The first-order valence-corrected chi connectivity index (χ1v) is 9.35. The smallest absolute Gasteiger partial charge is 0.258 e. The number of hydrogen-bond acceptors (Lipinski definition) is 4. The van der Waals surface area contributed by atoms with Gasteiger partial charge in [-0.05, 0) is 48.7 Å². The van der Waals surface area contributed by atoms with Gasteiger partial charge in [-0.2, -0.15) is 0 Å². The molecule has 1 aromatic carbocycles. The van der Waals surface area contributed by atoms with Gasteiger partial charge in [0.05, 0.1) is 6.04 Å². The van der Waals surface area contributed by atoms with E-state index in [4.69, 9.17) is 4.74 Å². The Morgan fingerprint density at radius 3 is 2.40 bits per heavy atom. The second-order valence-corrected chi connectivity index (χ2v) is 8.34. The number of thiophene rings is 1. The molecule has 0 aliphatic heterocycles. The first-order chi connectivity index (χ1) is 11.8. The summed E-state index contributed by atoms with van der Waals surface area (Å²) >= 11 is 1.70. The number of benzene rings is 1. The Labute approximate surface area is 154 Å². The molecule has 1 heterocycles. The summed E-state index contributed by atoms with van der Waals surface area (Å²) < 4.78 is 5.60. The number of amides is 1. The van der Waals surface area contributed by atoms with Crippen LogP contribution in [0.5, 0.6) is 5.75 Å². The van der Waals surface area contributed by atoms with Crippen molar-refractivity contribution >= 4 is 17.2 Å². The molecule has 1 aromatic heterocycles. The summed E-state index contributed by atoms with van der Waals surface area (Å²) in [5.74, 6) is 0.605. The van der Waals surface area contributed by atoms with Crippen LogP contribution >= 0.6 is 11.3 Å². The second-order valence-electron chi connectivity index (χ2n) is 7.36. The van der Waals surface area contributed by atoms with Gasteiger partial charge in [0, 0.05) is 11.4 Å². The van der Waals surface area contributed by atoms with E-state index in [1.54, 1.807) is 11.3 Å². The van der Waals surface area contributed by atoms with Crippen molar-refractivity contribution in [2.45, 2.75) is 32.2 Å². The van der Waals surface area contributed by atoms with Crippen molar-refractivity contribution in [1.82, 2.24) is 10.2 Å². The molecule has 136 valence electrons. The van der Waals surface area contributed by atoms with Crippen LogP contribution in [-0.4, -0.2) is 38.1 Å². The maximum absolute atomic E-state index is 12.1. The Kier molecular flexibility index (Phi) is 6.62. The third-order valence-corrected chi connectivity index (χ3v) is 5.05.